The molecule has 2 aliphatic rings. The SMILES string of the molecule is CCC(C)(CC(CC(C)(CC(C)(C)C(=O)OCC1CO1)C(=O)OC)C(=O)OCCO)C(=O)OCCOS(=O)(=O)C1CCC(C)CC1. The molecule has 1 aliphatic carbocycles. The van der Waals surface area contributed by atoms with E-state index in [0.717, 1.165) is 12.8 Å². The minimum Gasteiger partial charge on any atom is -0.469 e. The molecular weight excluding hydrogens is 624 g/mol. The van der Waals surface area contributed by atoms with Crippen molar-refractivity contribution in [1.29, 1.82) is 0 Å². The summed E-state index contributed by atoms with van der Waals surface area (Å²) >= 11 is 0. The Hall–Kier alpha value is -2.29. The zero-order valence-corrected chi connectivity index (χ0v) is 29.3. The highest BCUT2D eigenvalue weighted by Gasteiger charge is 2.48. The summed E-state index contributed by atoms with van der Waals surface area (Å²) in [4.78, 5) is 52.8. The maximum Gasteiger partial charge on any atom is 0.311 e. The molecule has 13 nitrogen and oxygen atoms in total. The number of methoxy groups -OCH3 is 1. The summed E-state index contributed by atoms with van der Waals surface area (Å²) in [6.45, 7) is 9.54. The topological polar surface area (TPSA) is 181 Å². The summed E-state index contributed by atoms with van der Waals surface area (Å²) in [6.07, 6.45) is 2.51. The van der Waals surface area contributed by atoms with Gasteiger partial charge in [0.15, 0.2) is 0 Å². The molecule has 0 spiro atoms. The van der Waals surface area contributed by atoms with E-state index in [1.165, 1.54) is 7.11 Å². The number of carbonyl (C=O) groups is 4. The Morgan fingerprint density at radius 3 is 2.02 bits per heavy atom. The van der Waals surface area contributed by atoms with Crippen LogP contribution in [0.1, 0.15) is 92.9 Å². The number of esters is 4. The van der Waals surface area contributed by atoms with Gasteiger partial charge in [0.05, 0.1) is 47.7 Å². The van der Waals surface area contributed by atoms with Gasteiger partial charge < -0.3 is 28.8 Å². The molecule has 1 N–H and O–H groups in total. The van der Waals surface area contributed by atoms with E-state index in [1.54, 1.807) is 34.6 Å². The predicted molar refractivity (Wildman–Crippen MR) is 166 cm³/mol. The summed E-state index contributed by atoms with van der Waals surface area (Å²) in [6, 6.07) is 0. The number of aliphatic hydroxyl groups is 1. The van der Waals surface area contributed by atoms with Crippen LogP contribution in [0.5, 0.6) is 0 Å². The second-order valence-corrected chi connectivity index (χ2v) is 15.8. The molecule has 0 radical (unpaired) electrons. The average molecular weight is 679 g/mol. The second kappa shape index (κ2) is 17.2. The van der Waals surface area contributed by atoms with Crippen molar-refractivity contribution in [3.8, 4) is 0 Å². The summed E-state index contributed by atoms with van der Waals surface area (Å²) in [5.74, 6) is -3.17. The quantitative estimate of drug-likeness (QED) is 0.0652. The van der Waals surface area contributed by atoms with Gasteiger partial charge in [-0.05, 0) is 85.0 Å². The minimum atomic E-state index is -3.80. The maximum absolute atomic E-state index is 13.4. The van der Waals surface area contributed by atoms with Gasteiger partial charge in [0.1, 0.15) is 32.5 Å². The average Bonchev–Trinajstić information content (AvgIpc) is 3.84. The first-order valence-corrected chi connectivity index (χ1v) is 17.6. The number of hydrogen-bond donors (Lipinski definition) is 1. The lowest BCUT2D eigenvalue weighted by atomic mass is 9.67. The Morgan fingerprint density at radius 2 is 1.48 bits per heavy atom. The fraction of sp³-hybridized carbons (Fsp3) is 0.875. The molecule has 1 heterocycles. The van der Waals surface area contributed by atoms with Crippen LogP contribution in [0.2, 0.25) is 0 Å². The van der Waals surface area contributed by atoms with E-state index in [9.17, 15) is 32.7 Å². The van der Waals surface area contributed by atoms with Crippen molar-refractivity contribution in [2.45, 2.75) is 104 Å². The normalized spacial score (nSPS) is 23.3. The van der Waals surface area contributed by atoms with Gasteiger partial charge in [-0.15, -0.1) is 0 Å². The van der Waals surface area contributed by atoms with Gasteiger partial charge in [-0.25, -0.2) is 0 Å². The third-order valence-corrected chi connectivity index (χ3v) is 10.9. The third-order valence-electron chi connectivity index (χ3n) is 9.14. The predicted octanol–water partition coefficient (Wildman–Crippen LogP) is 3.34. The Morgan fingerprint density at radius 1 is 0.870 bits per heavy atom. The summed E-state index contributed by atoms with van der Waals surface area (Å²) in [7, 11) is -2.59. The van der Waals surface area contributed by atoms with E-state index in [0.29, 0.717) is 25.4 Å². The lowest BCUT2D eigenvalue weighted by Crippen LogP contribution is -2.43. The van der Waals surface area contributed by atoms with Crippen molar-refractivity contribution < 1.29 is 60.6 Å². The molecule has 0 amide bonds. The Kier molecular flexibility index (Phi) is 14.9. The van der Waals surface area contributed by atoms with Crippen LogP contribution in [0.15, 0.2) is 0 Å². The van der Waals surface area contributed by atoms with E-state index >= 15 is 0 Å². The fourth-order valence-corrected chi connectivity index (χ4v) is 7.43. The molecule has 0 aromatic rings. The lowest BCUT2D eigenvalue weighted by Gasteiger charge is -2.37. The molecule has 1 saturated heterocycles. The number of epoxide rings is 1. The first kappa shape index (κ1) is 39.9. The molecule has 0 aromatic carbocycles. The summed E-state index contributed by atoms with van der Waals surface area (Å²) in [5.41, 5.74) is -3.77. The van der Waals surface area contributed by atoms with Crippen molar-refractivity contribution in [2.75, 3.05) is 46.8 Å². The van der Waals surface area contributed by atoms with Gasteiger partial charge in [-0.1, -0.05) is 13.8 Å². The first-order chi connectivity index (χ1) is 21.4. The van der Waals surface area contributed by atoms with Crippen LogP contribution in [-0.2, 0) is 57.2 Å². The van der Waals surface area contributed by atoms with Crippen LogP contribution in [0.4, 0.5) is 0 Å². The standard InChI is InChI=1S/C32H54O13S/c1-8-31(5,29(37)42-15-16-45-46(38,39)25-11-9-22(2)10-12-25)17-23(26(34)41-14-13-33)18-32(6,28(36)40-7)21-30(3,4)27(35)44-20-24-19-43-24/h22-25,33H,8-21H2,1-7H3. The van der Waals surface area contributed by atoms with Crippen LogP contribution in [0, 0.1) is 28.1 Å². The van der Waals surface area contributed by atoms with Crippen molar-refractivity contribution in [1.82, 2.24) is 0 Å². The molecule has 46 heavy (non-hydrogen) atoms. The highest BCUT2D eigenvalue weighted by Crippen LogP contribution is 2.44. The molecule has 2 fully saturated rings. The number of carbonyl (C=O) groups excluding carboxylic acids is 4. The smallest absolute Gasteiger partial charge is 0.311 e. The number of aliphatic hydroxyl groups excluding tert-OH is 1. The number of hydrogen-bond acceptors (Lipinski definition) is 13. The van der Waals surface area contributed by atoms with E-state index in [2.05, 4.69) is 6.92 Å². The van der Waals surface area contributed by atoms with E-state index in [1.807, 2.05) is 0 Å². The Labute approximate surface area is 273 Å². The second-order valence-electron chi connectivity index (χ2n) is 13.9. The molecular formula is C32H54O13S. The van der Waals surface area contributed by atoms with Crippen LogP contribution in [-0.4, -0.2) is 95.5 Å². The monoisotopic (exact) mass is 678 g/mol. The molecule has 4 unspecified atom stereocenters. The van der Waals surface area contributed by atoms with E-state index in [-0.39, 0.29) is 58.2 Å². The van der Waals surface area contributed by atoms with Crippen molar-refractivity contribution in [2.24, 2.45) is 28.1 Å². The number of rotatable bonds is 20. The molecule has 2 rings (SSSR count). The maximum atomic E-state index is 13.4. The van der Waals surface area contributed by atoms with Crippen molar-refractivity contribution >= 4 is 34.0 Å². The highest BCUT2D eigenvalue weighted by molar-refractivity contribution is 7.87. The molecule has 1 saturated carbocycles. The summed E-state index contributed by atoms with van der Waals surface area (Å²) in [5, 5.41) is 8.69. The first-order valence-electron chi connectivity index (χ1n) is 16.1. The van der Waals surface area contributed by atoms with Gasteiger partial charge in [0.2, 0.25) is 0 Å². The molecule has 0 bridgehead atoms. The Bertz CT molecular complexity index is 1140. The Balaban J connectivity index is 2.16. The van der Waals surface area contributed by atoms with Crippen LogP contribution in [0.25, 0.3) is 0 Å². The summed E-state index contributed by atoms with van der Waals surface area (Å²) < 4.78 is 56.7. The lowest BCUT2D eigenvalue weighted by molar-refractivity contribution is -0.165. The largest absolute Gasteiger partial charge is 0.469 e. The van der Waals surface area contributed by atoms with Gasteiger partial charge in [0.25, 0.3) is 10.1 Å². The molecule has 14 heteroatoms. The van der Waals surface area contributed by atoms with Crippen molar-refractivity contribution in [3.05, 3.63) is 0 Å². The molecule has 4 atom stereocenters. The van der Waals surface area contributed by atoms with Crippen molar-refractivity contribution in [3.63, 3.8) is 0 Å². The zero-order valence-electron chi connectivity index (χ0n) is 28.5. The van der Waals surface area contributed by atoms with Crippen LogP contribution >= 0.6 is 0 Å². The van der Waals surface area contributed by atoms with E-state index < -0.39 is 68.0 Å². The third kappa shape index (κ3) is 11.7. The zero-order chi connectivity index (χ0) is 34.8. The van der Waals surface area contributed by atoms with Crippen LogP contribution in [0.3, 0.4) is 0 Å². The molecule has 1 aliphatic heterocycles. The van der Waals surface area contributed by atoms with Gasteiger partial charge in [-0.2, -0.15) is 8.42 Å². The fourth-order valence-electron chi connectivity index (χ4n) is 6.09. The number of ether oxygens (including phenoxy) is 5. The minimum absolute atomic E-state index is 0.0418. The molecule has 0 aromatic heterocycles. The van der Waals surface area contributed by atoms with Gasteiger partial charge in [-0.3, -0.25) is 23.4 Å². The van der Waals surface area contributed by atoms with Gasteiger partial charge in [0, 0.05) is 0 Å². The van der Waals surface area contributed by atoms with Gasteiger partial charge >= 0.3 is 23.9 Å². The van der Waals surface area contributed by atoms with Crippen LogP contribution < -0.4 is 0 Å². The van der Waals surface area contributed by atoms with E-state index in [4.69, 9.17) is 27.9 Å². The highest BCUT2D eigenvalue weighted by atomic mass is 32.2. The molecule has 266 valence electrons.